The molecule has 1 N–H and O–H groups in total. The van der Waals surface area contributed by atoms with Gasteiger partial charge in [-0.3, -0.25) is 10.1 Å². The summed E-state index contributed by atoms with van der Waals surface area (Å²) in [6, 6.07) is 14.3. The molecule has 0 spiro atoms. The van der Waals surface area contributed by atoms with Gasteiger partial charge in [-0.2, -0.15) is 0 Å². The summed E-state index contributed by atoms with van der Waals surface area (Å²) in [4.78, 5) is 10.4. The molecular formula is C17H16N4O3S2. The Bertz CT molecular complexity index is 901. The minimum atomic E-state index is -0.392. The molecule has 7 nitrogen and oxygen atoms in total. The normalized spacial score (nSPS) is 10.5. The first-order valence-electron chi connectivity index (χ1n) is 7.84. The Morgan fingerprint density at radius 3 is 2.88 bits per heavy atom. The van der Waals surface area contributed by atoms with Gasteiger partial charge < -0.3 is 10.1 Å². The lowest BCUT2D eigenvalue weighted by Crippen LogP contribution is -1.97. The van der Waals surface area contributed by atoms with Crippen LogP contribution in [-0.2, 0) is 5.75 Å². The Kier molecular flexibility index (Phi) is 6.03. The number of nitro groups is 1. The molecule has 0 bridgehead atoms. The average molecular weight is 388 g/mol. The van der Waals surface area contributed by atoms with E-state index >= 15 is 0 Å². The zero-order chi connectivity index (χ0) is 18.4. The number of non-ortho nitro benzene ring substituents is 1. The second-order valence-electron chi connectivity index (χ2n) is 5.14. The quantitative estimate of drug-likeness (QED) is 0.334. The van der Waals surface area contributed by atoms with Crippen LogP contribution in [0.2, 0.25) is 0 Å². The van der Waals surface area contributed by atoms with Gasteiger partial charge in [0.25, 0.3) is 5.69 Å². The summed E-state index contributed by atoms with van der Waals surface area (Å²) in [5.41, 5.74) is 1.80. The van der Waals surface area contributed by atoms with E-state index < -0.39 is 4.92 Å². The Morgan fingerprint density at radius 1 is 1.23 bits per heavy atom. The highest BCUT2D eigenvalue weighted by Gasteiger charge is 2.10. The van der Waals surface area contributed by atoms with E-state index in [1.165, 1.54) is 29.2 Å². The lowest BCUT2D eigenvalue weighted by Gasteiger charge is -2.09. The number of ether oxygens (including phenoxy) is 1. The number of thioether (sulfide) groups is 1. The maximum Gasteiger partial charge on any atom is 0.269 e. The number of hydrogen-bond acceptors (Lipinski definition) is 8. The topological polar surface area (TPSA) is 90.2 Å². The van der Waals surface area contributed by atoms with E-state index in [1.54, 1.807) is 12.1 Å². The van der Waals surface area contributed by atoms with Crippen molar-refractivity contribution in [2.45, 2.75) is 17.0 Å². The number of nitrogens with zero attached hydrogens (tertiary/aromatic N) is 3. The van der Waals surface area contributed by atoms with Crippen LogP contribution >= 0.6 is 23.1 Å². The van der Waals surface area contributed by atoms with E-state index in [1.807, 2.05) is 37.3 Å². The van der Waals surface area contributed by atoms with Crippen LogP contribution in [0.25, 0.3) is 0 Å². The number of benzene rings is 2. The van der Waals surface area contributed by atoms with E-state index in [0.717, 1.165) is 21.3 Å². The highest BCUT2D eigenvalue weighted by atomic mass is 32.2. The van der Waals surface area contributed by atoms with Crippen molar-refractivity contribution < 1.29 is 9.66 Å². The third-order valence-corrected chi connectivity index (χ3v) is 5.36. The molecular weight excluding hydrogens is 372 g/mol. The molecule has 1 aromatic heterocycles. The van der Waals surface area contributed by atoms with E-state index in [0.29, 0.717) is 17.5 Å². The number of rotatable bonds is 8. The monoisotopic (exact) mass is 388 g/mol. The van der Waals surface area contributed by atoms with Crippen LogP contribution in [0.3, 0.4) is 0 Å². The van der Waals surface area contributed by atoms with Gasteiger partial charge in [0.15, 0.2) is 4.34 Å². The van der Waals surface area contributed by atoms with Gasteiger partial charge in [-0.15, -0.1) is 10.2 Å². The number of nitrogens with one attached hydrogen (secondary N) is 1. The fraction of sp³-hybridized carbons (Fsp3) is 0.176. The Morgan fingerprint density at radius 2 is 2.08 bits per heavy atom. The highest BCUT2D eigenvalue weighted by molar-refractivity contribution is 8.00. The van der Waals surface area contributed by atoms with E-state index in [2.05, 4.69) is 15.5 Å². The van der Waals surface area contributed by atoms with Gasteiger partial charge in [-0.25, -0.2) is 0 Å². The molecule has 134 valence electrons. The molecule has 0 amide bonds. The van der Waals surface area contributed by atoms with Gasteiger partial charge in [0.2, 0.25) is 5.13 Å². The summed E-state index contributed by atoms with van der Waals surface area (Å²) in [7, 11) is 0. The van der Waals surface area contributed by atoms with Gasteiger partial charge in [-0.05, 0) is 24.6 Å². The number of aromatic nitrogens is 2. The zero-order valence-corrected chi connectivity index (χ0v) is 15.5. The van der Waals surface area contributed by atoms with E-state index in [4.69, 9.17) is 4.74 Å². The molecule has 1 heterocycles. The van der Waals surface area contributed by atoms with Crippen LogP contribution in [0.15, 0.2) is 52.9 Å². The zero-order valence-electron chi connectivity index (χ0n) is 13.9. The van der Waals surface area contributed by atoms with Crippen molar-refractivity contribution >= 4 is 39.6 Å². The molecule has 26 heavy (non-hydrogen) atoms. The highest BCUT2D eigenvalue weighted by Crippen LogP contribution is 2.33. The summed E-state index contributed by atoms with van der Waals surface area (Å²) in [5.74, 6) is 1.35. The molecule has 0 unspecified atom stereocenters. The first kappa shape index (κ1) is 18.2. The molecule has 2 aromatic carbocycles. The van der Waals surface area contributed by atoms with Crippen LogP contribution in [0, 0.1) is 10.1 Å². The van der Waals surface area contributed by atoms with Crippen molar-refractivity contribution in [1.29, 1.82) is 0 Å². The minimum Gasteiger partial charge on any atom is -0.492 e. The Hall–Kier alpha value is -2.65. The van der Waals surface area contributed by atoms with Crippen molar-refractivity contribution in [3.63, 3.8) is 0 Å². The lowest BCUT2D eigenvalue weighted by atomic mass is 10.2. The Balaban J connectivity index is 1.63. The third kappa shape index (κ3) is 4.70. The maximum absolute atomic E-state index is 10.8. The molecule has 0 radical (unpaired) electrons. The molecule has 0 aliphatic heterocycles. The molecule has 0 atom stereocenters. The Labute approximate surface area is 158 Å². The van der Waals surface area contributed by atoms with Crippen molar-refractivity contribution in [2.24, 2.45) is 0 Å². The average Bonchev–Trinajstić information content (AvgIpc) is 3.09. The first-order valence-corrected chi connectivity index (χ1v) is 9.64. The molecule has 3 rings (SSSR count). The summed E-state index contributed by atoms with van der Waals surface area (Å²) >= 11 is 2.92. The van der Waals surface area contributed by atoms with Crippen molar-refractivity contribution in [3.05, 3.63) is 64.2 Å². The molecule has 3 aromatic rings. The molecule has 9 heteroatoms. The summed E-state index contributed by atoms with van der Waals surface area (Å²) in [6.45, 7) is 2.52. The third-order valence-electron chi connectivity index (χ3n) is 3.32. The first-order chi connectivity index (χ1) is 12.7. The van der Waals surface area contributed by atoms with E-state index in [9.17, 15) is 10.1 Å². The predicted octanol–water partition coefficient (Wildman–Crippen LogP) is 4.88. The van der Waals surface area contributed by atoms with Crippen LogP contribution in [0.5, 0.6) is 5.75 Å². The fourth-order valence-corrected chi connectivity index (χ4v) is 3.90. The van der Waals surface area contributed by atoms with Gasteiger partial charge in [0, 0.05) is 17.9 Å². The summed E-state index contributed by atoms with van der Waals surface area (Å²) in [5, 5.41) is 23.0. The molecule has 0 saturated carbocycles. The number of hydrogen-bond donors (Lipinski definition) is 1. The summed E-state index contributed by atoms with van der Waals surface area (Å²) in [6.07, 6.45) is 0. The lowest BCUT2D eigenvalue weighted by molar-refractivity contribution is -0.384. The standard InChI is InChI=1S/C17H16N4O3S2/c1-2-24-15-9-4-3-8-14(15)18-16-19-20-17(26-16)25-11-12-6-5-7-13(10-12)21(22)23/h3-10H,2,11H2,1H3,(H,18,19). The van der Waals surface area contributed by atoms with Crippen LogP contribution < -0.4 is 10.1 Å². The largest absolute Gasteiger partial charge is 0.492 e. The smallest absolute Gasteiger partial charge is 0.269 e. The van der Waals surface area contributed by atoms with Crippen LogP contribution in [0.1, 0.15) is 12.5 Å². The van der Waals surface area contributed by atoms with Crippen molar-refractivity contribution in [2.75, 3.05) is 11.9 Å². The van der Waals surface area contributed by atoms with Gasteiger partial charge in [0.1, 0.15) is 5.75 Å². The number of nitro benzene ring substituents is 1. The van der Waals surface area contributed by atoms with Crippen LogP contribution in [-0.4, -0.2) is 21.7 Å². The number of para-hydroxylation sites is 2. The summed E-state index contributed by atoms with van der Waals surface area (Å²) < 4.78 is 6.37. The SMILES string of the molecule is CCOc1ccccc1Nc1nnc(SCc2cccc([N+](=O)[O-])c2)s1. The van der Waals surface area contributed by atoms with Crippen molar-refractivity contribution in [3.8, 4) is 5.75 Å². The minimum absolute atomic E-state index is 0.0928. The fourth-order valence-electron chi connectivity index (χ4n) is 2.19. The molecule has 0 aliphatic carbocycles. The van der Waals surface area contributed by atoms with Crippen molar-refractivity contribution in [1.82, 2.24) is 10.2 Å². The van der Waals surface area contributed by atoms with Gasteiger partial charge >= 0.3 is 0 Å². The maximum atomic E-state index is 10.8. The molecule has 0 aliphatic rings. The van der Waals surface area contributed by atoms with Gasteiger partial charge in [0.05, 0.1) is 17.2 Å². The van der Waals surface area contributed by atoms with E-state index in [-0.39, 0.29) is 5.69 Å². The predicted molar refractivity (Wildman–Crippen MR) is 103 cm³/mol. The molecule has 0 saturated heterocycles. The second-order valence-corrected chi connectivity index (χ2v) is 7.34. The van der Waals surface area contributed by atoms with Gasteiger partial charge in [-0.1, -0.05) is 47.4 Å². The molecule has 0 fully saturated rings. The van der Waals surface area contributed by atoms with Crippen LogP contribution in [0.4, 0.5) is 16.5 Å². The number of anilines is 2. The second kappa shape index (κ2) is 8.63.